The fraction of sp³-hybridized carbons (Fsp3) is 0.400. The minimum atomic E-state index is -0.418. The van der Waals surface area contributed by atoms with Crippen molar-refractivity contribution < 1.29 is 19.5 Å². The fourth-order valence-corrected chi connectivity index (χ4v) is 5.24. The number of nitrogens with zero attached hydrogens (tertiary/aromatic N) is 4. The average Bonchev–Trinajstić information content (AvgIpc) is 3.32. The number of rotatable bonds is 7. The summed E-state index contributed by atoms with van der Waals surface area (Å²) in [5.74, 6) is 0.859. The Morgan fingerprint density at radius 3 is 2.81 bits per heavy atom. The molecule has 2 aromatic heterocycles. The van der Waals surface area contributed by atoms with Crippen molar-refractivity contribution in [2.24, 2.45) is 11.3 Å². The third-order valence-corrected chi connectivity index (χ3v) is 7.13. The van der Waals surface area contributed by atoms with E-state index in [4.69, 9.17) is 25.4 Å². The molecular formula is C20H23BrN6O4S. The summed E-state index contributed by atoms with van der Waals surface area (Å²) in [6, 6.07) is 3.76. The van der Waals surface area contributed by atoms with Crippen molar-refractivity contribution in [3.63, 3.8) is 0 Å². The van der Waals surface area contributed by atoms with Gasteiger partial charge in [-0.3, -0.25) is 10.0 Å². The summed E-state index contributed by atoms with van der Waals surface area (Å²) in [5.41, 5.74) is 8.62. The lowest BCUT2D eigenvalue weighted by atomic mass is 9.83. The lowest BCUT2D eigenvalue weighted by Crippen LogP contribution is -2.31. The number of hydrogen-bond donors (Lipinski definition) is 3. The van der Waals surface area contributed by atoms with Gasteiger partial charge in [0.1, 0.15) is 6.33 Å². The highest BCUT2D eigenvalue weighted by Gasteiger charge is 2.29. The van der Waals surface area contributed by atoms with Crippen LogP contribution in [0.4, 0.5) is 5.82 Å². The summed E-state index contributed by atoms with van der Waals surface area (Å²) in [4.78, 5) is 25.9. The van der Waals surface area contributed by atoms with E-state index < -0.39 is 5.91 Å². The molecule has 1 aliphatic heterocycles. The van der Waals surface area contributed by atoms with E-state index >= 15 is 0 Å². The van der Waals surface area contributed by atoms with Crippen LogP contribution in [-0.2, 0) is 11.3 Å². The first-order valence-corrected chi connectivity index (χ1v) is 11.5. The number of halogens is 1. The fourth-order valence-electron chi connectivity index (χ4n) is 3.75. The first-order valence-electron chi connectivity index (χ1n) is 9.86. The lowest BCUT2D eigenvalue weighted by Gasteiger charge is -2.28. The normalized spacial score (nSPS) is 14.0. The zero-order valence-electron chi connectivity index (χ0n) is 17.8. The van der Waals surface area contributed by atoms with Gasteiger partial charge in [-0.15, -0.1) is 0 Å². The van der Waals surface area contributed by atoms with Crippen molar-refractivity contribution in [2.75, 3.05) is 12.5 Å². The van der Waals surface area contributed by atoms with Crippen LogP contribution in [-0.4, -0.2) is 37.4 Å². The zero-order valence-corrected chi connectivity index (χ0v) is 20.2. The van der Waals surface area contributed by atoms with Crippen LogP contribution in [0.1, 0.15) is 27.2 Å². The van der Waals surface area contributed by atoms with Gasteiger partial charge in [0.05, 0.1) is 0 Å². The maximum atomic E-state index is 11.8. The van der Waals surface area contributed by atoms with Gasteiger partial charge >= 0.3 is 0 Å². The van der Waals surface area contributed by atoms with Gasteiger partial charge in [-0.2, -0.15) is 0 Å². The van der Waals surface area contributed by atoms with Crippen molar-refractivity contribution in [2.45, 2.75) is 43.8 Å². The van der Waals surface area contributed by atoms with E-state index in [1.54, 1.807) is 12.4 Å². The molecule has 0 bridgehead atoms. The molecule has 0 spiro atoms. The molecule has 1 unspecified atom stereocenters. The minimum Gasteiger partial charge on any atom is -0.454 e. The number of ether oxygens (including phenoxy) is 2. The minimum absolute atomic E-state index is 0.189. The topological polar surface area (TPSA) is 137 Å². The van der Waals surface area contributed by atoms with Crippen LogP contribution < -0.4 is 20.7 Å². The molecule has 12 heteroatoms. The number of carbonyl (C=O) groups is 1. The van der Waals surface area contributed by atoms with Gasteiger partial charge in [0.25, 0.3) is 0 Å². The lowest BCUT2D eigenvalue weighted by molar-refractivity contribution is -0.133. The van der Waals surface area contributed by atoms with Crippen LogP contribution in [0.15, 0.2) is 33.0 Å². The van der Waals surface area contributed by atoms with E-state index in [9.17, 15) is 4.79 Å². The van der Waals surface area contributed by atoms with Crippen LogP contribution in [0.5, 0.6) is 11.5 Å². The Morgan fingerprint density at radius 1 is 1.38 bits per heavy atom. The largest absolute Gasteiger partial charge is 0.454 e. The third-order valence-electron chi connectivity index (χ3n) is 5.16. The molecule has 1 atom stereocenters. The number of hydroxylamine groups is 1. The first kappa shape index (κ1) is 22.6. The first-order chi connectivity index (χ1) is 15.2. The number of fused-ring (bicyclic) bond motifs is 2. The summed E-state index contributed by atoms with van der Waals surface area (Å²) in [7, 11) is 0. The molecule has 3 heterocycles. The Bertz CT molecular complexity index is 1180. The molecule has 4 rings (SSSR count). The maximum absolute atomic E-state index is 11.8. The zero-order chi connectivity index (χ0) is 23.0. The van der Waals surface area contributed by atoms with Crippen molar-refractivity contribution >= 4 is 50.6 Å². The summed E-state index contributed by atoms with van der Waals surface area (Å²) in [6.45, 7) is 6.59. The summed E-state index contributed by atoms with van der Waals surface area (Å²) in [6.07, 6.45) is 1.95. The van der Waals surface area contributed by atoms with Gasteiger partial charge in [-0.25, -0.2) is 20.4 Å². The molecule has 0 fully saturated rings. The van der Waals surface area contributed by atoms with E-state index in [0.29, 0.717) is 46.6 Å². The molecule has 10 nitrogen and oxygen atoms in total. The van der Waals surface area contributed by atoms with Crippen molar-refractivity contribution in [3.8, 4) is 11.5 Å². The quantitative estimate of drug-likeness (QED) is 0.313. The number of benzene rings is 1. The molecule has 1 aliphatic rings. The number of anilines is 1. The highest BCUT2D eigenvalue weighted by molar-refractivity contribution is 9.10. The molecule has 32 heavy (non-hydrogen) atoms. The van der Waals surface area contributed by atoms with Gasteiger partial charge in [-0.05, 0) is 39.9 Å². The highest BCUT2D eigenvalue weighted by atomic mass is 79.9. The number of nitrogens with one attached hydrogen (secondary N) is 1. The highest BCUT2D eigenvalue weighted by Crippen LogP contribution is 2.43. The van der Waals surface area contributed by atoms with Crippen molar-refractivity contribution in [3.05, 3.63) is 22.9 Å². The third kappa shape index (κ3) is 4.48. The van der Waals surface area contributed by atoms with Gasteiger partial charge in [-0.1, -0.05) is 32.5 Å². The SMILES string of the molecule is CC(CC(C)(C)Cn1c(Sc2cc3c(cc2Br)OCO3)nc2c(N)ncnc21)C(=O)NO. The average molecular weight is 523 g/mol. The molecule has 0 radical (unpaired) electrons. The van der Waals surface area contributed by atoms with E-state index in [0.717, 1.165) is 9.37 Å². The van der Waals surface area contributed by atoms with Crippen LogP contribution in [0.25, 0.3) is 11.2 Å². The maximum Gasteiger partial charge on any atom is 0.246 e. The Labute approximate surface area is 197 Å². The Morgan fingerprint density at radius 2 is 2.09 bits per heavy atom. The number of amides is 1. The van der Waals surface area contributed by atoms with Gasteiger partial charge in [0.15, 0.2) is 33.6 Å². The van der Waals surface area contributed by atoms with Crippen molar-refractivity contribution in [1.29, 1.82) is 0 Å². The van der Waals surface area contributed by atoms with Crippen LogP contribution in [0.2, 0.25) is 0 Å². The molecular weight excluding hydrogens is 500 g/mol. The van der Waals surface area contributed by atoms with Crippen molar-refractivity contribution in [1.82, 2.24) is 25.0 Å². The Balaban J connectivity index is 1.71. The molecule has 4 N–H and O–H groups in total. The van der Waals surface area contributed by atoms with Gasteiger partial charge < -0.3 is 19.8 Å². The molecule has 3 aromatic rings. The number of carbonyl (C=O) groups excluding carboxylic acids is 1. The second kappa shape index (κ2) is 8.75. The van der Waals surface area contributed by atoms with Gasteiger partial charge in [0.2, 0.25) is 12.7 Å². The summed E-state index contributed by atoms with van der Waals surface area (Å²) < 4.78 is 13.8. The number of aromatic nitrogens is 4. The number of imidazole rings is 1. The van der Waals surface area contributed by atoms with Gasteiger partial charge in [0, 0.05) is 21.8 Å². The molecule has 0 saturated carbocycles. The van der Waals surface area contributed by atoms with E-state index in [1.165, 1.54) is 18.1 Å². The van der Waals surface area contributed by atoms with Crippen LogP contribution >= 0.6 is 27.7 Å². The molecule has 1 aromatic carbocycles. The number of nitrogens with two attached hydrogens (primary N) is 1. The Kier molecular flexibility index (Phi) is 6.19. The molecule has 0 aliphatic carbocycles. The summed E-state index contributed by atoms with van der Waals surface area (Å²) >= 11 is 5.03. The predicted molar refractivity (Wildman–Crippen MR) is 122 cm³/mol. The monoisotopic (exact) mass is 522 g/mol. The summed E-state index contributed by atoms with van der Waals surface area (Å²) in [5, 5.41) is 9.64. The smallest absolute Gasteiger partial charge is 0.246 e. The predicted octanol–water partition coefficient (Wildman–Crippen LogP) is 3.61. The number of hydrogen-bond acceptors (Lipinski definition) is 9. The van der Waals surface area contributed by atoms with Crippen LogP contribution in [0, 0.1) is 11.3 Å². The second-order valence-corrected chi connectivity index (χ2v) is 10.3. The molecule has 170 valence electrons. The van der Waals surface area contributed by atoms with E-state index in [1.807, 2.05) is 16.7 Å². The molecule has 1 amide bonds. The second-order valence-electron chi connectivity index (χ2n) is 8.40. The Hall–Kier alpha value is -2.57. The standard InChI is InChI=1S/C20H23BrN6O4S/c1-10(18(28)26-29)6-20(2,3)7-27-17-15(16(22)23-8-24-17)25-19(27)32-14-5-13-12(4-11(14)21)30-9-31-13/h4-5,8,10,29H,6-7,9H2,1-3H3,(H,26,28)(H2,22,23,24). The van der Waals surface area contributed by atoms with Crippen LogP contribution in [0.3, 0.4) is 0 Å². The van der Waals surface area contributed by atoms with E-state index in [2.05, 4.69) is 39.7 Å². The van der Waals surface area contributed by atoms with E-state index in [-0.39, 0.29) is 18.1 Å². The number of nitrogen functional groups attached to an aromatic ring is 1. The molecule has 0 saturated heterocycles.